The van der Waals surface area contributed by atoms with E-state index in [4.69, 9.17) is 14.2 Å². The summed E-state index contributed by atoms with van der Waals surface area (Å²) in [6, 6.07) is 19.6. The molecule has 0 saturated heterocycles. The van der Waals surface area contributed by atoms with Gasteiger partial charge >= 0.3 is 0 Å². The third-order valence-electron chi connectivity index (χ3n) is 3.83. The highest BCUT2D eigenvalue weighted by Gasteiger charge is 2.52. The van der Waals surface area contributed by atoms with Crippen molar-refractivity contribution >= 4 is 5.71 Å². The summed E-state index contributed by atoms with van der Waals surface area (Å²) in [6.45, 7) is 1.78. The van der Waals surface area contributed by atoms with Crippen LogP contribution < -0.4 is 0 Å². The van der Waals surface area contributed by atoms with E-state index in [0.717, 1.165) is 11.1 Å². The molecular formula is C18H19NO3. The summed E-state index contributed by atoms with van der Waals surface area (Å²) in [4.78, 5) is 4.66. The van der Waals surface area contributed by atoms with E-state index in [1.165, 1.54) is 0 Å². The zero-order valence-electron chi connectivity index (χ0n) is 12.9. The maximum Gasteiger partial charge on any atom is 0.269 e. The lowest BCUT2D eigenvalue weighted by Crippen LogP contribution is -2.41. The Hall–Kier alpha value is -2.01. The number of benzene rings is 2. The SMILES string of the molecule is CO[C@]1(C)N=C(c2ccccc2)[C@@](OC)(c2ccccc2)O1. The maximum absolute atomic E-state index is 6.14. The van der Waals surface area contributed by atoms with Crippen molar-refractivity contribution in [2.45, 2.75) is 18.6 Å². The molecule has 0 fully saturated rings. The average molecular weight is 297 g/mol. The monoisotopic (exact) mass is 297 g/mol. The third-order valence-corrected chi connectivity index (χ3v) is 3.83. The molecule has 2 atom stereocenters. The van der Waals surface area contributed by atoms with Crippen molar-refractivity contribution in [2.24, 2.45) is 4.99 Å². The van der Waals surface area contributed by atoms with Crippen LogP contribution in [0.25, 0.3) is 0 Å². The molecule has 0 aliphatic carbocycles. The van der Waals surface area contributed by atoms with E-state index < -0.39 is 11.7 Å². The fourth-order valence-corrected chi connectivity index (χ4v) is 2.66. The van der Waals surface area contributed by atoms with E-state index in [9.17, 15) is 0 Å². The van der Waals surface area contributed by atoms with Crippen molar-refractivity contribution in [3.63, 3.8) is 0 Å². The second-order valence-corrected chi connectivity index (χ2v) is 5.22. The molecule has 0 bridgehead atoms. The maximum atomic E-state index is 6.14. The summed E-state index contributed by atoms with van der Waals surface area (Å²) >= 11 is 0. The second kappa shape index (κ2) is 5.65. The van der Waals surface area contributed by atoms with E-state index in [1.54, 1.807) is 21.1 Å². The van der Waals surface area contributed by atoms with Crippen LogP contribution in [0.2, 0.25) is 0 Å². The minimum Gasteiger partial charge on any atom is -0.344 e. The van der Waals surface area contributed by atoms with Gasteiger partial charge in [0.2, 0.25) is 5.79 Å². The van der Waals surface area contributed by atoms with Gasteiger partial charge in [-0.3, -0.25) is 4.74 Å². The highest BCUT2D eigenvalue weighted by molar-refractivity contribution is 6.07. The van der Waals surface area contributed by atoms with Gasteiger partial charge in [-0.2, -0.15) is 0 Å². The van der Waals surface area contributed by atoms with Crippen LogP contribution in [-0.2, 0) is 20.0 Å². The minimum absolute atomic E-state index is 0.700. The van der Waals surface area contributed by atoms with Crippen molar-refractivity contribution < 1.29 is 14.2 Å². The van der Waals surface area contributed by atoms with Crippen LogP contribution in [0.3, 0.4) is 0 Å². The van der Waals surface area contributed by atoms with Gasteiger partial charge in [0.1, 0.15) is 5.71 Å². The summed E-state index contributed by atoms with van der Waals surface area (Å²) < 4.78 is 17.4. The average Bonchev–Trinajstić information content (AvgIpc) is 2.91. The van der Waals surface area contributed by atoms with Gasteiger partial charge in [-0.1, -0.05) is 60.7 Å². The number of hydrogen-bond acceptors (Lipinski definition) is 4. The standard InChI is InChI=1S/C18H19NO3/c1-17(20-2)19-16(14-10-6-4-7-11-14)18(21-3,22-17)15-12-8-5-9-13-15/h4-13H,1-3H3/t17-,18+/m0/s1. The van der Waals surface area contributed by atoms with Gasteiger partial charge in [-0.15, -0.1) is 0 Å². The van der Waals surface area contributed by atoms with Crippen LogP contribution in [0.1, 0.15) is 18.1 Å². The van der Waals surface area contributed by atoms with Crippen LogP contribution in [0, 0.1) is 0 Å². The first kappa shape index (κ1) is 14.9. The predicted octanol–water partition coefficient (Wildman–Crippen LogP) is 3.33. The number of hydrogen-bond donors (Lipinski definition) is 0. The van der Waals surface area contributed by atoms with Gasteiger partial charge < -0.3 is 9.47 Å². The molecule has 3 rings (SSSR count). The first-order valence-corrected chi connectivity index (χ1v) is 7.15. The number of aliphatic imine (C=N–C) groups is 1. The van der Waals surface area contributed by atoms with Crippen LogP contribution in [0.5, 0.6) is 0 Å². The van der Waals surface area contributed by atoms with Crippen molar-refractivity contribution in [3.8, 4) is 0 Å². The first-order chi connectivity index (χ1) is 10.6. The van der Waals surface area contributed by atoms with Crippen LogP contribution in [-0.4, -0.2) is 25.8 Å². The Labute approximate surface area is 130 Å². The quantitative estimate of drug-likeness (QED) is 0.869. The third kappa shape index (κ3) is 2.35. The van der Waals surface area contributed by atoms with E-state index in [2.05, 4.69) is 4.99 Å². The number of nitrogens with zero attached hydrogens (tertiary/aromatic N) is 1. The zero-order chi connectivity index (χ0) is 15.6. The van der Waals surface area contributed by atoms with E-state index >= 15 is 0 Å². The van der Waals surface area contributed by atoms with Crippen molar-refractivity contribution in [3.05, 3.63) is 71.8 Å². The molecule has 1 aliphatic rings. The number of methoxy groups -OCH3 is 2. The van der Waals surface area contributed by atoms with Gasteiger partial charge in [0.25, 0.3) is 5.91 Å². The summed E-state index contributed by atoms with van der Waals surface area (Å²) in [7, 11) is 3.19. The molecule has 0 amide bonds. The molecule has 4 heteroatoms. The first-order valence-electron chi connectivity index (χ1n) is 7.15. The molecule has 0 saturated carbocycles. The summed E-state index contributed by atoms with van der Waals surface area (Å²) in [5, 5.41) is 0. The molecule has 1 heterocycles. The molecule has 114 valence electrons. The Kier molecular flexibility index (Phi) is 3.83. The largest absolute Gasteiger partial charge is 0.344 e. The van der Waals surface area contributed by atoms with Crippen LogP contribution in [0.15, 0.2) is 65.7 Å². The van der Waals surface area contributed by atoms with Crippen molar-refractivity contribution in [1.82, 2.24) is 0 Å². The molecule has 0 unspecified atom stereocenters. The van der Waals surface area contributed by atoms with E-state index in [0.29, 0.717) is 5.71 Å². The number of ether oxygens (including phenoxy) is 3. The fraction of sp³-hybridized carbons (Fsp3) is 0.278. The molecule has 4 nitrogen and oxygen atoms in total. The molecule has 0 aromatic heterocycles. The highest BCUT2D eigenvalue weighted by Crippen LogP contribution is 2.42. The van der Waals surface area contributed by atoms with Crippen LogP contribution >= 0.6 is 0 Å². The van der Waals surface area contributed by atoms with E-state index in [-0.39, 0.29) is 0 Å². The smallest absolute Gasteiger partial charge is 0.269 e. The highest BCUT2D eigenvalue weighted by atomic mass is 16.8. The van der Waals surface area contributed by atoms with Gasteiger partial charge in [-0.05, 0) is 0 Å². The Morgan fingerprint density at radius 1 is 0.864 bits per heavy atom. The Morgan fingerprint density at radius 2 is 1.45 bits per heavy atom. The molecule has 0 N–H and O–H groups in total. The lowest BCUT2D eigenvalue weighted by molar-refractivity contribution is -0.299. The minimum atomic E-state index is -1.09. The van der Waals surface area contributed by atoms with Crippen LogP contribution in [0.4, 0.5) is 0 Å². The fourth-order valence-electron chi connectivity index (χ4n) is 2.66. The molecule has 0 spiro atoms. The lowest BCUT2D eigenvalue weighted by atomic mass is 9.95. The molecule has 1 aliphatic heterocycles. The normalized spacial score (nSPS) is 27.7. The second-order valence-electron chi connectivity index (χ2n) is 5.22. The van der Waals surface area contributed by atoms with Crippen molar-refractivity contribution in [2.75, 3.05) is 14.2 Å². The molecular weight excluding hydrogens is 278 g/mol. The zero-order valence-corrected chi connectivity index (χ0v) is 12.9. The van der Waals surface area contributed by atoms with Crippen molar-refractivity contribution in [1.29, 1.82) is 0 Å². The summed E-state index contributed by atoms with van der Waals surface area (Å²) in [5.74, 6) is -2.18. The molecule has 0 radical (unpaired) electrons. The molecule has 2 aromatic rings. The summed E-state index contributed by atoms with van der Waals surface area (Å²) in [5.41, 5.74) is 2.51. The molecule has 2 aromatic carbocycles. The molecule has 22 heavy (non-hydrogen) atoms. The van der Waals surface area contributed by atoms with Gasteiger partial charge in [0.15, 0.2) is 0 Å². The Balaban J connectivity index is 2.19. The van der Waals surface area contributed by atoms with Gasteiger partial charge in [0, 0.05) is 32.3 Å². The Bertz CT molecular complexity index is 671. The van der Waals surface area contributed by atoms with Gasteiger partial charge in [-0.25, -0.2) is 4.99 Å². The van der Waals surface area contributed by atoms with E-state index in [1.807, 2.05) is 60.7 Å². The predicted molar refractivity (Wildman–Crippen MR) is 84.6 cm³/mol. The number of rotatable bonds is 4. The Morgan fingerprint density at radius 3 is 2.00 bits per heavy atom. The topological polar surface area (TPSA) is 40.0 Å². The van der Waals surface area contributed by atoms with Gasteiger partial charge in [0.05, 0.1) is 0 Å². The lowest BCUT2D eigenvalue weighted by Gasteiger charge is -2.31. The summed E-state index contributed by atoms with van der Waals surface area (Å²) in [6.07, 6.45) is 0.